The fourth-order valence-corrected chi connectivity index (χ4v) is 2.84. The van der Waals surface area contributed by atoms with Crippen molar-refractivity contribution in [1.82, 2.24) is 10.2 Å². The molecule has 116 valence electrons. The van der Waals surface area contributed by atoms with E-state index in [1.807, 2.05) is 25.7 Å². The molecule has 21 heavy (non-hydrogen) atoms. The molecule has 0 atom stereocenters. The van der Waals surface area contributed by atoms with Crippen molar-refractivity contribution in [2.24, 2.45) is 0 Å². The lowest BCUT2D eigenvalue weighted by Crippen LogP contribution is -2.55. The Morgan fingerprint density at radius 2 is 1.57 bits per heavy atom. The Kier molecular flexibility index (Phi) is 4.45. The molecule has 2 amide bonds. The topological polar surface area (TPSA) is 35.6 Å². The fraction of sp³-hybridized carbons (Fsp3) is 0.588. The normalized spacial score (nSPS) is 16.0. The molecule has 1 saturated heterocycles. The van der Waals surface area contributed by atoms with E-state index in [9.17, 15) is 4.79 Å². The monoisotopic (exact) mass is 289 g/mol. The summed E-state index contributed by atoms with van der Waals surface area (Å²) in [6, 6.07) is 6.45. The number of amides is 2. The van der Waals surface area contributed by atoms with Gasteiger partial charge < -0.3 is 15.1 Å². The Labute approximate surface area is 128 Å². The van der Waals surface area contributed by atoms with E-state index in [4.69, 9.17) is 0 Å². The minimum Gasteiger partial charge on any atom is -0.368 e. The van der Waals surface area contributed by atoms with Crippen molar-refractivity contribution in [1.29, 1.82) is 0 Å². The number of para-hydroxylation sites is 1. The number of piperazine rings is 1. The molecule has 0 saturated carbocycles. The van der Waals surface area contributed by atoms with Gasteiger partial charge in [0.1, 0.15) is 0 Å². The van der Waals surface area contributed by atoms with Gasteiger partial charge >= 0.3 is 6.03 Å². The molecule has 1 N–H and O–H groups in total. The van der Waals surface area contributed by atoms with Crippen LogP contribution in [0.5, 0.6) is 0 Å². The Hall–Kier alpha value is -1.71. The van der Waals surface area contributed by atoms with E-state index >= 15 is 0 Å². The van der Waals surface area contributed by atoms with Crippen molar-refractivity contribution in [3.8, 4) is 0 Å². The summed E-state index contributed by atoms with van der Waals surface area (Å²) < 4.78 is 0. The van der Waals surface area contributed by atoms with Crippen LogP contribution in [0.2, 0.25) is 0 Å². The van der Waals surface area contributed by atoms with E-state index in [-0.39, 0.29) is 11.6 Å². The second-order valence-corrected chi connectivity index (χ2v) is 6.89. The minimum absolute atomic E-state index is 0.0451. The van der Waals surface area contributed by atoms with Gasteiger partial charge in [0, 0.05) is 37.4 Å². The lowest BCUT2D eigenvalue weighted by atomic mass is 10.1. The number of hydrogen-bond donors (Lipinski definition) is 1. The number of anilines is 1. The number of benzene rings is 1. The average Bonchev–Trinajstić information content (AvgIpc) is 2.37. The highest BCUT2D eigenvalue weighted by Crippen LogP contribution is 2.25. The van der Waals surface area contributed by atoms with Crippen molar-refractivity contribution < 1.29 is 4.79 Å². The van der Waals surface area contributed by atoms with E-state index in [0.717, 1.165) is 26.2 Å². The summed E-state index contributed by atoms with van der Waals surface area (Å²) in [4.78, 5) is 16.5. The molecular formula is C17H27N3O. The van der Waals surface area contributed by atoms with Crippen molar-refractivity contribution in [3.05, 3.63) is 29.3 Å². The maximum atomic E-state index is 12.2. The van der Waals surface area contributed by atoms with Gasteiger partial charge in [-0.25, -0.2) is 4.79 Å². The Morgan fingerprint density at radius 1 is 1.05 bits per heavy atom. The largest absolute Gasteiger partial charge is 0.368 e. The molecule has 0 aromatic heterocycles. The molecule has 0 spiro atoms. The summed E-state index contributed by atoms with van der Waals surface area (Å²) in [7, 11) is 0. The first-order valence-electron chi connectivity index (χ1n) is 7.66. The van der Waals surface area contributed by atoms with Crippen molar-refractivity contribution in [2.45, 2.75) is 40.2 Å². The fourth-order valence-electron chi connectivity index (χ4n) is 2.84. The number of carbonyl (C=O) groups is 1. The second kappa shape index (κ2) is 5.96. The Bertz CT molecular complexity index is 491. The number of rotatable bonds is 1. The van der Waals surface area contributed by atoms with E-state index in [1.54, 1.807) is 0 Å². The van der Waals surface area contributed by atoms with Crippen LogP contribution >= 0.6 is 0 Å². The van der Waals surface area contributed by atoms with Gasteiger partial charge in [-0.3, -0.25) is 0 Å². The van der Waals surface area contributed by atoms with Crippen molar-refractivity contribution >= 4 is 11.7 Å². The lowest BCUT2D eigenvalue weighted by molar-refractivity contribution is 0.185. The van der Waals surface area contributed by atoms with Crippen LogP contribution in [0.4, 0.5) is 10.5 Å². The average molecular weight is 289 g/mol. The second-order valence-electron chi connectivity index (χ2n) is 6.89. The summed E-state index contributed by atoms with van der Waals surface area (Å²) in [6.07, 6.45) is 0. The summed E-state index contributed by atoms with van der Waals surface area (Å²) in [5, 5.41) is 3.03. The van der Waals surface area contributed by atoms with E-state index in [2.05, 4.69) is 42.3 Å². The van der Waals surface area contributed by atoms with Crippen LogP contribution in [0, 0.1) is 13.8 Å². The summed E-state index contributed by atoms with van der Waals surface area (Å²) in [5.74, 6) is 0. The molecule has 0 unspecified atom stereocenters. The van der Waals surface area contributed by atoms with Crippen molar-refractivity contribution in [3.63, 3.8) is 0 Å². The van der Waals surface area contributed by atoms with E-state index in [1.165, 1.54) is 16.8 Å². The zero-order valence-corrected chi connectivity index (χ0v) is 13.9. The predicted octanol–water partition coefficient (Wildman–Crippen LogP) is 2.93. The molecule has 1 aromatic rings. The molecule has 1 heterocycles. The molecule has 0 aliphatic carbocycles. The van der Waals surface area contributed by atoms with Crippen LogP contribution in [-0.4, -0.2) is 42.6 Å². The van der Waals surface area contributed by atoms with Gasteiger partial charge in [0.15, 0.2) is 0 Å². The van der Waals surface area contributed by atoms with Gasteiger partial charge in [0.05, 0.1) is 0 Å². The Morgan fingerprint density at radius 3 is 2.05 bits per heavy atom. The van der Waals surface area contributed by atoms with Gasteiger partial charge in [-0.1, -0.05) is 18.2 Å². The highest BCUT2D eigenvalue weighted by Gasteiger charge is 2.25. The molecule has 4 heteroatoms. The third-order valence-corrected chi connectivity index (χ3v) is 3.80. The van der Waals surface area contributed by atoms with Crippen molar-refractivity contribution in [2.75, 3.05) is 31.1 Å². The third-order valence-electron chi connectivity index (χ3n) is 3.80. The number of hydrogen-bond acceptors (Lipinski definition) is 2. The molecule has 1 aliphatic heterocycles. The number of nitrogens with one attached hydrogen (secondary N) is 1. The van der Waals surface area contributed by atoms with Crippen LogP contribution in [0.15, 0.2) is 18.2 Å². The molecule has 0 bridgehead atoms. The Balaban J connectivity index is 1.99. The third kappa shape index (κ3) is 3.90. The first-order valence-corrected chi connectivity index (χ1v) is 7.66. The molecule has 2 rings (SSSR count). The predicted molar refractivity (Wildman–Crippen MR) is 88.0 cm³/mol. The van der Waals surface area contributed by atoms with Crippen LogP contribution in [-0.2, 0) is 0 Å². The van der Waals surface area contributed by atoms with Gasteiger partial charge in [-0.2, -0.15) is 0 Å². The molecule has 1 aliphatic rings. The molecule has 4 nitrogen and oxygen atoms in total. The van der Waals surface area contributed by atoms with Crippen LogP contribution in [0.25, 0.3) is 0 Å². The maximum absolute atomic E-state index is 12.2. The SMILES string of the molecule is Cc1cccc(C)c1N1CCN(C(=O)NC(C)(C)C)CC1. The van der Waals surface area contributed by atoms with Crippen LogP contribution < -0.4 is 10.2 Å². The van der Waals surface area contributed by atoms with Crippen LogP contribution in [0.1, 0.15) is 31.9 Å². The zero-order chi connectivity index (χ0) is 15.6. The molecule has 1 aromatic carbocycles. The zero-order valence-electron chi connectivity index (χ0n) is 13.9. The van der Waals surface area contributed by atoms with E-state index < -0.39 is 0 Å². The number of nitrogens with zero attached hydrogens (tertiary/aromatic N) is 2. The van der Waals surface area contributed by atoms with E-state index in [0.29, 0.717) is 0 Å². The molecule has 1 fully saturated rings. The molecule has 0 radical (unpaired) electrons. The molecular weight excluding hydrogens is 262 g/mol. The van der Waals surface area contributed by atoms with Gasteiger partial charge in [0.2, 0.25) is 0 Å². The smallest absolute Gasteiger partial charge is 0.317 e. The number of urea groups is 1. The first kappa shape index (κ1) is 15.7. The highest BCUT2D eigenvalue weighted by molar-refractivity contribution is 5.75. The quantitative estimate of drug-likeness (QED) is 0.863. The standard InChI is InChI=1S/C17H27N3O/c1-13-7-6-8-14(2)15(13)19-9-11-20(12-10-19)16(21)18-17(3,4)5/h6-8H,9-12H2,1-5H3,(H,18,21). The number of carbonyl (C=O) groups excluding carboxylic acids is 1. The summed E-state index contributed by atoms with van der Waals surface area (Å²) in [5.41, 5.74) is 3.76. The first-order chi connectivity index (χ1) is 9.78. The minimum atomic E-state index is -0.180. The van der Waals surface area contributed by atoms with Gasteiger partial charge in [-0.15, -0.1) is 0 Å². The van der Waals surface area contributed by atoms with Gasteiger partial charge in [0.25, 0.3) is 0 Å². The maximum Gasteiger partial charge on any atom is 0.317 e. The van der Waals surface area contributed by atoms with Crippen LogP contribution in [0.3, 0.4) is 0 Å². The lowest BCUT2D eigenvalue weighted by Gasteiger charge is -2.38. The number of aryl methyl sites for hydroxylation is 2. The van der Waals surface area contributed by atoms with Gasteiger partial charge in [-0.05, 0) is 45.7 Å². The summed E-state index contributed by atoms with van der Waals surface area (Å²) >= 11 is 0. The summed E-state index contributed by atoms with van der Waals surface area (Å²) in [6.45, 7) is 13.7. The highest BCUT2D eigenvalue weighted by atomic mass is 16.2.